The quantitative estimate of drug-likeness (QED) is 0.754. The van der Waals surface area contributed by atoms with Crippen LogP contribution in [0.4, 0.5) is 0 Å². The van der Waals surface area contributed by atoms with Gasteiger partial charge in [-0.15, -0.1) is 0 Å². The molecule has 1 heterocycles. The Morgan fingerprint density at radius 2 is 2.07 bits per heavy atom. The van der Waals surface area contributed by atoms with Crippen LogP contribution in [0, 0.1) is 5.92 Å². The van der Waals surface area contributed by atoms with Crippen molar-refractivity contribution in [3.63, 3.8) is 0 Å². The van der Waals surface area contributed by atoms with Crippen molar-refractivity contribution in [1.29, 1.82) is 0 Å². The molecule has 0 bridgehead atoms. The van der Waals surface area contributed by atoms with Gasteiger partial charge in [0.05, 0.1) is 0 Å². The molecule has 14 heavy (non-hydrogen) atoms. The van der Waals surface area contributed by atoms with Crippen LogP contribution in [-0.2, 0) is 6.42 Å². The highest BCUT2D eigenvalue weighted by molar-refractivity contribution is 5.15. The topological polar surface area (TPSA) is 12.0 Å². The number of benzene rings is 1. The van der Waals surface area contributed by atoms with Gasteiger partial charge < -0.3 is 5.32 Å². The summed E-state index contributed by atoms with van der Waals surface area (Å²) in [5.74, 6) is 0.883. The smallest absolute Gasteiger partial charge is 0.00414 e. The Bertz CT molecular complexity index is 268. The van der Waals surface area contributed by atoms with Gasteiger partial charge in [-0.25, -0.2) is 0 Å². The number of rotatable bonds is 2. The van der Waals surface area contributed by atoms with Gasteiger partial charge in [-0.1, -0.05) is 30.3 Å². The summed E-state index contributed by atoms with van der Waals surface area (Å²) in [6.07, 6.45) is 3.92. The fourth-order valence-corrected chi connectivity index (χ4v) is 2.37. The zero-order valence-electron chi connectivity index (χ0n) is 8.87. The molecule has 1 nitrogen and oxygen atoms in total. The van der Waals surface area contributed by atoms with E-state index >= 15 is 0 Å². The van der Waals surface area contributed by atoms with Gasteiger partial charge >= 0.3 is 0 Å². The van der Waals surface area contributed by atoms with E-state index in [1.54, 1.807) is 0 Å². The van der Waals surface area contributed by atoms with Gasteiger partial charge in [-0.2, -0.15) is 0 Å². The molecule has 2 atom stereocenters. The lowest BCUT2D eigenvalue weighted by Crippen LogP contribution is -2.36. The third kappa shape index (κ3) is 2.58. The summed E-state index contributed by atoms with van der Waals surface area (Å²) in [7, 11) is 0. The first-order valence-corrected chi connectivity index (χ1v) is 5.62. The number of hydrogen-bond acceptors (Lipinski definition) is 1. The molecule has 1 N–H and O–H groups in total. The average molecular weight is 189 g/mol. The lowest BCUT2D eigenvalue weighted by Gasteiger charge is -2.28. The minimum Gasteiger partial charge on any atom is -0.314 e. The molecule has 1 aromatic carbocycles. The fourth-order valence-electron chi connectivity index (χ4n) is 2.37. The first-order valence-electron chi connectivity index (χ1n) is 5.62. The molecule has 1 fully saturated rings. The molecule has 1 saturated heterocycles. The Balaban J connectivity index is 1.91. The summed E-state index contributed by atoms with van der Waals surface area (Å²) >= 11 is 0. The maximum Gasteiger partial charge on any atom is 0.00414 e. The Labute approximate surface area is 86.5 Å². The van der Waals surface area contributed by atoms with Crippen molar-refractivity contribution in [2.45, 2.75) is 32.2 Å². The molecule has 0 spiro atoms. The molecule has 1 aromatic rings. The third-order valence-corrected chi connectivity index (χ3v) is 3.10. The first kappa shape index (κ1) is 9.72. The Morgan fingerprint density at radius 1 is 1.29 bits per heavy atom. The van der Waals surface area contributed by atoms with E-state index in [-0.39, 0.29) is 0 Å². The second-order valence-electron chi connectivity index (χ2n) is 4.44. The van der Waals surface area contributed by atoms with Crippen molar-refractivity contribution in [1.82, 2.24) is 5.32 Å². The van der Waals surface area contributed by atoms with Crippen LogP contribution >= 0.6 is 0 Å². The molecule has 2 unspecified atom stereocenters. The molecule has 1 aliphatic rings. The second kappa shape index (κ2) is 4.61. The number of nitrogens with one attached hydrogen (secondary N) is 1. The Hall–Kier alpha value is -0.820. The molecule has 0 amide bonds. The zero-order valence-corrected chi connectivity index (χ0v) is 8.87. The highest BCUT2D eigenvalue weighted by atomic mass is 14.9. The van der Waals surface area contributed by atoms with Gasteiger partial charge in [0.25, 0.3) is 0 Å². The van der Waals surface area contributed by atoms with Crippen LogP contribution in [0.2, 0.25) is 0 Å². The predicted molar refractivity (Wildman–Crippen MR) is 60.3 cm³/mol. The van der Waals surface area contributed by atoms with Crippen molar-refractivity contribution in [2.75, 3.05) is 6.54 Å². The summed E-state index contributed by atoms with van der Waals surface area (Å²) in [6, 6.07) is 11.6. The highest BCUT2D eigenvalue weighted by Gasteiger charge is 2.17. The minimum atomic E-state index is 0.706. The summed E-state index contributed by atoms with van der Waals surface area (Å²) in [5.41, 5.74) is 1.49. The largest absolute Gasteiger partial charge is 0.314 e. The van der Waals surface area contributed by atoms with Crippen LogP contribution in [-0.4, -0.2) is 12.6 Å². The highest BCUT2D eigenvalue weighted by Crippen LogP contribution is 2.20. The van der Waals surface area contributed by atoms with Gasteiger partial charge in [-0.05, 0) is 44.2 Å². The standard InChI is InChI=1S/C13H19N/c1-11-9-13(7-8-14-11)10-12-5-3-2-4-6-12/h2-6,11,13-14H,7-10H2,1H3. The molecule has 76 valence electrons. The number of hydrogen-bond donors (Lipinski definition) is 1. The van der Waals surface area contributed by atoms with E-state index in [1.807, 2.05) is 0 Å². The van der Waals surface area contributed by atoms with Crippen molar-refractivity contribution in [3.05, 3.63) is 35.9 Å². The molecule has 0 aromatic heterocycles. The van der Waals surface area contributed by atoms with Crippen molar-refractivity contribution in [2.24, 2.45) is 5.92 Å². The predicted octanol–water partition coefficient (Wildman–Crippen LogP) is 2.62. The Morgan fingerprint density at radius 3 is 2.79 bits per heavy atom. The summed E-state index contributed by atoms with van der Waals surface area (Å²) in [4.78, 5) is 0. The van der Waals surface area contributed by atoms with Crippen molar-refractivity contribution in [3.8, 4) is 0 Å². The molecule has 0 saturated carbocycles. The van der Waals surface area contributed by atoms with Crippen molar-refractivity contribution < 1.29 is 0 Å². The molecule has 1 heteroatoms. The van der Waals surface area contributed by atoms with Crippen LogP contribution in [0.1, 0.15) is 25.3 Å². The van der Waals surface area contributed by atoms with Crippen LogP contribution in [0.15, 0.2) is 30.3 Å². The number of piperidine rings is 1. The average Bonchev–Trinajstić information content (AvgIpc) is 2.19. The summed E-state index contributed by atoms with van der Waals surface area (Å²) in [6.45, 7) is 3.48. The molecular formula is C13H19N. The second-order valence-corrected chi connectivity index (χ2v) is 4.44. The lowest BCUT2D eigenvalue weighted by molar-refractivity contribution is 0.314. The van der Waals surface area contributed by atoms with E-state index < -0.39 is 0 Å². The minimum absolute atomic E-state index is 0.706. The van der Waals surface area contributed by atoms with Crippen LogP contribution < -0.4 is 5.32 Å². The van der Waals surface area contributed by atoms with E-state index in [9.17, 15) is 0 Å². The normalized spacial score (nSPS) is 27.5. The lowest BCUT2D eigenvalue weighted by atomic mass is 9.88. The van der Waals surface area contributed by atoms with Crippen molar-refractivity contribution >= 4 is 0 Å². The van der Waals surface area contributed by atoms with E-state index in [0.717, 1.165) is 5.92 Å². The third-order valence-electron chi connectivity index (χ3n) is 3.10. The zero-order chi connectivity index (χ0) is 9.80. The molecule has 0 radical (unpaired) electrons. The fraction of sp³-hybridized carbons (Fsp3) is 0.538. The van der Waals surface area contributed by atoms with Gasteiger partial charge in [0.15, 0.2) is 0 Å². The Kier molecular flexibility index (Phi) is 3.20. The summed E-state index contributed by atoms with van der Waals surface area (Å²) in [5, 5.41) is 3.50. The van der Waals surface area contributed by atoms with Crippen LogP contribution in [0.5, 0.6) is 0 Å². The molecular weight excluding hydrogens is 170 g/mol. The van der Waals surface area contributed by atoms with Gasteiger partial charge in [-0.3, -0.25) is 0 Å². The molecule has 0 aliphatic carbocycles. The van der Waals surface area contributed by atoms with Gasteiger partial charge in [0, 0.05) is 6.04 Å². The maximum absolute atomic E-state index is 3.50. The van der Waals surface area contributed by atoms with Gasteiger partial charge in [0.2, 0.25) is 0 Å². The van der Waals surface area contributed by atoms with Crippen LogP contribution in [0.3, 0.4) is 0 Å². The SMILES string of the molecule is CC1CC(Cc2ccccc2)CCN1. The monoisotopic (exact) mass is 189 g/mol. The van der Waals surface area contributed by atoms with E-state index in [0.29, 0.717) is 6.04 Å². The van der Waals surface area contributed by atoms with E-state index in [4.69, 9.17) is 0 Å². The molecule has 1 aliphatic heterocycles. The first-order chi connectivity index (χ1) is 6.84. The molecule has 2 rings (SSSR count). The summed E-state index contributed by atoms with van der Waals surface area (Å²) < 4.78 is 0. The van der Waals surface area contributed by atoms with E-state index in [1.165, 1.54) is 31.4 Å². The van der Waals surface area contributed by atoms with E-state index in [2.05, 4.69) is 42.6 Å². The van der Waals surface area contributed by atoms with Crippen LogP contribution in [0.25, 0.3) is 0 Å². The maximum atomic E-state index is 3.50. The van der Waals surface area contributed by atoms with Gasteiger partial charge in [0.1, 0.15) is 0 Å².